The monoisotopic (exact) mass is 408 g/mol. The van der Waals surface area contributed by atoms with Crippen LogP contribution in [0, 0.1) is 0 Å². The summed E-state index contributed by atoms with van der Waals surface area (Å²) < 4.78 is 0.921. The minimum absolute atomic E-state index is 0.0874. The Morgan fingerprint density at radius 2 is 2.26 bits per heavy atom. The number of carbonyl (C=O) groups excluding carboxylic acids is 1. The maximum atomic E-state index is 12.3. The highest BCUT2D eigenvalue weighted by atomic mass is 79.9. The molecule has 1 amide bonds. The number of aromatic amines is 1. The standard InChI is InChI=1S/C15H13BrN4OS2/c1-9(14(21)17-11-5-2-4-10(16)8-11)23-15-18-13(19-20-15)12-6-3-7-22-12/h2-9H,1H3,(H,17,21)(H,18,19,20)/t9-/m0/s1. The summed E-state index contributed by atoms with van der Waals surface area (Å²) in [7, 11) is 0. The Morgan fingerprint density at radius 3 is 3.00 bits per heavy atom. The van der Waals surface area contributed by atoms with Gasteiger partial charge in [-0.25, -0.2) is 4.98 Å². The number of aromatic nitrogens is 3. The molecular weight excluding hydrogens is 396 g/mol. The number of anilines is 1. The number of thiophene rings is 1. The first-order chi connectivity index (χ1) is 11.1. The zero-order chi connectivity index (χ0) is 16.2. The Labute approximate surface area is 150 Å². The van der Waals surface area contributed by atoms with E-state index in [9.17, 15) is 4.79 Å². The molecule has 1 atom stereocenters. The van der Waals surface area contributed by atoms with Crippen LogP contribution in [0.3, 0.4) is 0 Å². The molecule has 0 spiro atoms. The van der Waals surface area contributed by atoms with Gasteiger partial charge in [-0.1, -0.05) is 39.8 Å². The van der Waals surface area contributed by atoms with Crippen LogP contribution in [0.5, 0.6) is 0 Å². The van der Waals surface area contributed by atoms with Gasteiger partial charge in [0.2, 0.25) is 11.1 Å². The van der Waals surface area contributed by atoms with E-state index >= 15 is 0 Å². The van der Waals surface area contributed by atoms with E-state index in [0.29, 0.717) is 5.16 Å². The second kappa shape index (κ2) is 7.29. The predicted octanol–water partition coefficient (Wildman–Crippen LogP) is 4.42. The molecule has 0 bridgehead atoms. The number of thioether (sulfide) groups is 1. The van der Waals surface area contributed by atoms with Gasteiger partial charge in [-0.2, -0.15) is 0 Å². The van der Waals surface area contributed by atoms with E-state index in [1.165, 1.54) is 11.8 Å². The predicted molar refractivity (Wildman–Crippen MR) is 97.8 cm³/mol. The van der Waals surface area contributed by atoms with E-state index in [1.54, 1.807) is 11.3 Å². The third kappa shape index (κ3) is 4.21. The lowest BCUT2D eigenvalue weighted by Gasteiger charge is -2.10. The average Bonchev–Trinajstić information content (AvgIpc) is 3.17. The van der Waals surface area contributed by atoms with Gasteiger partial charge in [0.25, 0.3) is 0 Å². The molecule has 0 unspecified atom stereocenters. The number of amides is 1. The normalized spacial score (nSPS) is 12.1. The molecule has 0 radical (unpaired) electrons. The fraction of sp³-hybridized carbons (Fsp3) is 0.133. The second-order valence-corrected chi connectivity index (χ2v) is 7.87. The average molecular weight is 409 g/mol. The molecule has 23 heavy (non-hydrogen) atoms. The Balaban J connectivity index is 1.62. The molecule has 1 aromatic carbocycles. The molecule has 3 rings (SSSR count). The first-order valence-electron chi connectivity index (χ1n) is 6.81. The van der Waals surface area contributed by atoms with Crippen molar-refractivity contribution in [2.45, 2.75) is 17.3 Å². The minimum Gasteiger partial charge on any atom is -0.325 e. The van der Waals surface area contributed by atoms with E-state index in [4.69, 9.17) is 0 Å². The number of nitrogens with one attached hydrogen (secondary N) is 2. The van der Waals surface area contributed by atoms with E-state index in [-0.39, 0.29) is 11.2 Å². The number of carbonyl (C=O) groups is 1. The van der Waals surface area contributed by atoms with Crippen LogP contribution < -0.4 is 5.32 Å². The van der Waals surface area contributed by atoms with Gasteiger partial charge in [0.1, 0.15) is 0 Å². The molecule has 2 N–H and O–H groups in total. The zero-order valence-corrected chi connectivity index (χ0v) is 15.3. The van der Waals surface area contributed by atoms with Gasteiger partial charge < -0.3 is 5.32 Å². The lowest BCUT2D eigenvalue weighted by Crippen LogP contribution is -2.22. The van der Waals surface area contributed by atoms with Crippen LogP contribution >= 0.6 is 39.0 Å². The fourth-order valence-corrected chi connectivity index (χ4v) is 3.63. The molecule has 0 aliphatic rings. The Morgan fingerprint density at radius 1 is 1.39 bits per heavy atom. The third-order valence-electron chi connectivity index (χ3n) is 2.96. The summed E-state index contributed by atoms with van der Waals surface area (Å²) in [5, 5.41) is 12.2. The maximum absolute atomic E-state index is 12.3. The SMILES string of the molecule is C[C@H](Sc1n[nH]c(-c2cccs2)n1)C(=O)Nc1cccc(Br)c1. The van der Waals surface area contributed by atoms with E-state index in [2.05, 4.69) is 36.4 Å². The van der Waals surface area contributed by atoms with Gasteiger partial charge in [0.05, 0.1) is 10.1 Å². The fourth-order valence-electron chi connectivity index (χ4n) is 1.84. The molecule has 0 saturated carbocycles. The lowest BCUT2D eigenvalue weighted by atomic mass is 10.3. The molecule has 2 heterocycles. The summed E-state index contributed by atoms with van der Waals surface area (Å²) in [5.74, 6) is 0.637. The minimum atomic E-state index is -0.305. The number of hydrogen-bond acceptors (Lipinski definition) is 5. The Bertz CT molecular complexity index is 803. The van der Waals surface area contributed by atoms with Crippen molar-refractivity contribution in [3.05, 3.63) is 46.3 Å². The number of nitrogens with zero attached hydrogens (tertiary/aromatic N) is 2. The topological polar surface area (TPSA) is 70.7 Å². The molecule has 8 heteroatoms. The van der Waals surface area contributed by atoms with Gasteiger partial charge in [-0.15, -0.1) is 16.4 Å². The van der Waals surface area contributed by atoms with Gasteiger partial charge in [0.15, 0.2) is 5.82 Å². The molecular formula is C15H13BrN4OS2. The molecule has 5 nitrogen and oxygen atoms in total. The van der Waals surface area contributed by atoms with Crippen molar-refractivity contribution < 1.29 is 4.79 Å². The van der Waals surface area contributed by atoms with Gasteiger partial charge in [-0.05, 0) is 36.6 Å². The van der Waals surface area contributed by atoms with Crippen molar-refractivity contribution in [1.82, 2.24) is 15.2 Å². The first kappa shape index (κ1) is 16.2. The van der Waals surface area contributed by atoms with Gasteiger partial charge >= 0.3 is 0 Å². The van der Waals surface area contributed by atoms with Crippen LogP contribution in [0.25, 0.3) is 10.7 Å². The molecule has 0 saturated heterocycles. The third-order valence-corrected chi connectivity index (χ3v) is 5.29. The maximum Gasteiger partial charge on any atom is 0.237 e. The number of benzene rings is 1. The lowest BCUT2D eigenvalue weighted by molar-refractivity contribution is -0.115. The zero-order valence-electron chi connectivity index (χ0n) is 12.1. The van der Waals surface area contributed by atoms with Crippen LogP contribution in [0.1, 0.15) is 6.92 Å². The Kier molecular flexibility index (Phi) is 5.14. The smallest absolute Gasteiger partial charge is 0.237 e. The summed E-state index contributed by atoms with van der Waals surface area (Å²) in [5.41, 5.74) is 0.756. The van der Waals surface area contributed by atoms with E-state index in [1.807, 2.05) is 48.7 Å². The number of halogens is 1. The van der Waals surface area contributed by atoms with Crippen LogP contribution in [-0.2, 0) is 4.79 Å². The summed E-state index contributed by atoms with van der Waals surface area (Å²) in [6.07, 6.45) is 0. The van der Waals surface area contributed by atoms with Gasteiger partial charge in [0, 0.05) is 10.2 Å². The molecule has 0 fully saturated rings. The molecule has 0 aliphatic carbocycles. The largest absolute Gasteiger partial charge is 0.325 e. The number of rotatable bonds is 5. The van der Waals surface area contributed by atoms with Crippen molar-refractivity contribution in [3.63, 3.8) is 0 Å². The second-order valence-electron chi connectivity index (χ2n) is 4.70. The quantitative estimate of drug-likeness (QED) is 0.613. The summed E-state index contributed by atoms with van der Waals surface area (Å²) in [4.78, 5) is 17.7. The molecule has 3 aromatic rings. The van der Waals surface area contributed by atoms with Crippen molar-refractivity contribution >= 4 is 50.6 Å². The summed E-state index contributed by atoms with van der Waals surface area (Å²) in [6, 6.07) is 11.4. The molecule has 0 aliphatic heterocycles. The highest BCUT2D eigenvalue weighted by molar-refractivity contribution is 9.10. The van der Waals surface area contributed by atoms with Crippen molar-refractivity contribution in [3.8, 4) is 10.7 Å². The highest BCUT2D eigenvalue weighted by Crippen LogP contribution is 2.26. The molecule has 2 aromatic heterocycles. The van der Waals surface area contributed by atoms with E-state index < -0.39 is 0 Å². The summed E-state index contributed by atoms with van der Waals surface area (Å²) in [6.45, 7) is 1.83. The van der Waals surface area contributed by atoms with Crippen LogP contribution in [-0.4, -0.2) is 26.3 Å². The van der Waals surface area contributed by atoms with Crippen molar-refractivity contribution in [2.24, 2.45) is 0 Å². The molecule has 118 valence electrons. The van der Waals surface area contributed by atoms with Crippen LogP contribution in [0.2, 0.25) is 0 Å². The van der Waals surface area contributed by atoms with Gasteiger partial charge in [-0.3, -0.25) is 9.89 Å². The highest BCUT2D eigenvalue weighted by Gasteiger charge is 2.18. The summed E-state index contributed by atoms with van der Waals surface area (Å²) >= 11 is 6.30. The number of H-pyrrole nitrogens is 1. The van der Waals surface area contributed by atoms with Crippen molar-refractivity contribution in [2.75, 3.05) is 5.32 Å². The van der Waals surface area contributed by atoms with E-state index in [0.717, 1.165) is 20.9 Å². The first-order valence-corrected chi connectivity index (χ1v) is 9.36. The number of hydrogen-bond donors (Lipinski definition) is 2. The van der Waals surface area contributed by atoms with Crippen LogP contribution in [0.15, 0.2) is 51.4 Å². The van der Waals surface area contributed by atoms with Crippen LogP contribution in [0.4, 0.5) is 5.69 Å². The Hall–Kier alpha value is -1.64. The van der Waals surface area contributed by atoms with Crippen molar-refractivity contribution in [1.29, 1.82) is 0 Å².